The molecule has 1 unspecified atom stereocenters. The monoisotopic (exact) mass is 860 g/mol. The van der Waals surface area contributed by atoms with Crippen molar-refractivity contribution in [2.75, 3.05) is 56.6 Å². The number of aryl methyl sites for hydroxylation is 3. The van der Waals surface area contributed by atoms with Crippen LogP contribution >= 0.6 is 0 Å². The lowest BCUT2D eigenvalue weighted by Gasteiger charge is -2.27. The number of anilines is 2. The zero-order valence-corrected chi connectivity index (χ0v) is 37.2. The van der Waals surface area contributed by atoms with E-state index in [0.717, 1.165) is 69.1 Å². The van der Waals surface area contributed by atoms with Crippen molar-refractivity contribution in [3.05, 3.63) is 88.5 Å². The number of rotatable bonds is 21. The number of morpholine rings is 1. The molecule has 3 amide bonds. The van der Waals surface area contributed by atoms with Crippen LogP contribution in [0.3, 0.4) is 0 Å². The maximum Gasteiger partial charge on any atom is 0.276 e. The number of ether oxygens (including phenoxy) is 1. The molecule has 1 aliphatic rings. The molecule has 4 heterocycles. The first-order valence-electron chi connectivity index (χ1n) is 21.7. The van der Waals surface area contributed by atoms with Crippen LogP contribution in [0, 0.1) is 13.8 Å². The minimum Gasteiger partial charge on any atom is -0.460 e. The van der Waals surface area contributed by atoms with Gasteiger partial charge >= 0.3 is 0 Å². The first-order chi connectivity index (χ1) is 30.4. The molecule has 2 aromatic carbocycles. The van der Waals surface area contributed by atoms with Crippen LogP contribution in [-0.2, 0) is 17.8 Å². The summed E-state index contributed by atoms with van der Waals surface area (Å²) in [6, 6.07) is 8.78. The summed E-state index contributed by atoms with van der Waals surface area (Å²) >= 11 is 0. The quantitative estimate of drug-likeness (QED) is 0.0303. The highest BCUT2D eigenvalue weighted by Crippen LogP contribution is 2.39. The van der Waals surface area contributed by atoms with Crippen molar-refractivity contribution in [3.63, 3.8) is 0 Å². The van der Waals surface area contributed by atoms with Crippen molar-refractivity contribution >= 4 is 69.0 Å². The van der Waals surface area contributed by atoms with Crippen molar-refractivity contribution in [1.82, 2.24) is 29.7 Å². The molecule has 1 saturated heterocycles. The molecule has 0 spiro atoms. The van der Waals surface area contributed by atoms with Crippen molar-refractivity contribution in [1.29, 1.82) is 0 Å². The van der Waals surface area contributed by atoms with Crippen LogP contribution in [0.5, 0.6) is 0 Å². The van der Waals surface area contributed by atoms with E-state index < -0.39 is 11.8 Å². The van der Waals surface area contributed by atoms with E-state index in [0.29, 0.717) is 76.6 Å². The summed E-state index contributed by atoms with van der Waals surface area (Å²) in [7, 11) is 0. The van der Waals surface area contributed by atoms with E-state index >= 15 is 0 Å². The molecule has 1 fully saturated rings. The molecule has 5 aromatic rings. The molecule has 17 nitrogen and oxygen atoms in total. The maximum absolute atomic E-state index is 13.7. The van der Waals surface area contributed by atoms with Crippen LogP contribution in [0.4, 0.5) is 17.3 Å². The second-order valence-electron chi connectivity index (χ2n) is 15.5. The zero-order chi connectivity index (χ0) is 45.0. The highest BCUT2D eigenvalue weighted by atomic mass is 16.5. The molecular formula is C46H60N12O5. The number of imidazole rings is 1. The molecule has 0 radical (unpaired) electrons. The second-order valence-corrected chi connectivity index (χ2v) is 15.5. The minimum absolute atomic E-state index is 0.123. The summed E-state index contributed by atoms with van der Waals surface area (Å²) < 4.78 is 15.0. The minimum atomic E-state index is -0.650. The number of fused-ring (bicyclic) bond motifs is 3. The van der Waals surface area contributed by atoms with Gasteiger partial charge in [-0.25, -0.2) is 4.98 Å². The van der Waals surface area contributed by atoms with E-state index in [1.165, 1.54) is 0 Å². The topological polar surface area (TPSA) is 225 Å². The van der Waals surface area contributed by atoms with E-state index in [2.05, 4.69) is 38.1 Å². The van der Waals surface area contributed by atoms with Crippen LogP contribution in [-0.4, -0.2) is 99.8 Å². The number of hydrogen-bond acceptors (Lipinski definition) is 12. The number of benzene rings is 2. The number of aliphatic imine (C=N–C) groups is 1. The predicted molar refractivity (Wildman–Crippen MR) is 250 cm³/mol. The van der Waals surface area contributed by atoms with E-state index in [4.69, 9.17) is 30.6 Å². The van der Waals surface area contributed by atoms with Crippen LogP contribution in [0.1, 0.15) is 101 Å². The van der Waals surface area contributed by atoms with E-state index in [1.807, 2.05) is 68.7 Å². The highest BCUT2D eigenvalue weighted by molar-refractivity contribution is 6.14. The number of nitrogens with two attached hydrogens (primary N) is 2. The molecule has 0 aliphatic carbocycles. The number of hydrogen-bond donors (Lipinski definition) is 5. The van der Waals surface area contributed by atoms with E-state index in [1.54, 1.807) is 36.0 Å². The molecule has 0 saturated carbocycles. The van der Waals surface area contributed by atoms with Gasteiger partial charge in [0.05, 0.1) is 52.6 Å². The van der Waals surface area contributed by atoms with E-state index in [9.17, 15) is 14.4 Å². The van der Waals surface area contributed by atoms with E-state index in [-0.39, 0.29) is 23.3 Å². The van der Waals surface area contributed by atoms with Crippen LogP contribution in [0.2, 0.25) is 0 Å². The Labute approximate surface area is 367 Å². The average Bonchev–Trinajstić information content (AvgIpc) is 3.96. The Balaban J connectivity index is 1.33. The summed E-state index contributed by atoms with van der Waals surface area (Å²) in [6.45, 7) is 17.8. The predicted octanol–water partition coefficient (Wildman–Crippen LogP) is 6.58. The summed E-state index contributed by atoms with van der Waals surface area (Å²) in [4.78, 5) is 51.1. The van der Waals surface area contributed by atoms with Crippen molar-refractivity contribution < 1.29 is 23.5 Å². The smallest absolute Gasteiger partial charge is 0.276 e. The van der Waals surface area contributed by atoms with Gasteiger partial charge in [0.2, 0.25) is 11.9 Å². The number of carbonyl (C=O) groups is 3. The van der Waals surface area contributed by atoms with Crippen molar-refractivity contribution in [2.24, 2.45) is 21.6 Å². The van der Waals surface area contributed by atoms with Gasteiger partial charge < -0.3 is 35.9 Å². The third-order valence-corrected chi connectivity index (χ3v) is 11.0. The van der Waals surface area contributed by atoms with Gasteiger partial charge in [-0.1, -0.05) is 19.1 Å². The third kappa shape index (κ3) is 11.3. The second kappa shape index (κ2) is 21.5. The number of aromatic nitrogens is 4. The number of carbonyl (C=O) groups excluding carboxylic acids is 3. The fourth-order valence-corrected chi connectivity index (χ4v) is 7.88. The van der Waals surface area contributed by atoms with Gasteiger partial charge in [0, 0.05) is 56.4 Å². The molecule has 3 aromatic heterocycles. The Morgan fingerprint density at radius 2 is 1.81 bits per heavy atom. The average molecular weight is 861 g/mol. The first kappa shape index (κ1) is 45.9. The first-order valence-corrected chi connectivity index (χ1v) is 21.7. The Kier molecular flexibility index (Phi) is 15.7. The Bertz CT molecular complexity index is 2550. The van der Waals surface area contributed by atoms with Crippen LogP contribution in [0.15, 0.2) is 69.1 Å². The molecular weight excluding hydrogens is 801 g/mol. The highest BCUT2D eigenvalue weighted by Gasteiger charge is 2.24. The summed E-state index contributed by atoms with van der Waals surface area (Å²) in [5.74, 6) is -0.559. The van der Waals surface area contributed by atoms with Gasteiger partial charge in [0.25, 0.3) is 11.8 Å². The lowest BCUT2D eigenvalue weighted by Crippen LogP contribution is -2.36. The standard InChI is InChI=1S/C46H60N12O5/c1-7-32(15-13-18-56-20-22-62-23-21-56)34-26-33(43(47)59)27-37(49-17-12-14-29(4)54-51-8-2)40(34)50-16-10-11-19-57-41-35-25-31(6)63-42(35)36(44(48)60)28-38(41)52-46(57)53-45(61)39-24-30(5)55-58(39)9-3/h10-12,14,17,24-28,32,50-51H,7-9,13,15-16,18-23H2,1-6H3,(H2,47,59)(H2,48,60)(H,52,53,61)/b11-10+,14-12+,49-17?,54-29-. The summed E-state index contributed by atoms with van der Waals surface area (Å²) in [5, 5.41) is 16.0. The van der Waals surface area contributed by atoms with Gasteiger partial charge in [-0.05, 0) is 114 Å². The summed E-state index contributed by atoms with van der Waals surface area (Å²) in [5.41, 5.74) is 21.0. The Hall–Kier alpha value is -6.59. The van der Waals surface area contributed by atoms with Crippen LogP contribution < -0.4 is 27.5 Å². The molecule has 0 bridgehead atoms. The third-order valence-electron chi connectivity index (χ3n) is 11.0. The number of furan rings is 1. The van der Waals surface area contributed by atoms with Crippen molar-refractivity contribution in [2.45, 2.75) is 79.8 Å². The molecule has 63 heavy (non-hydrogen) atoms. The fourth-order valence-electron chi connectivity index (χ4n) is 7.88. The Morgan fingerprint density at radius 1 is 1.02 bits per heavy atom. The lowest BCUT2D eigenvalue weighted by molar-refractivity contribution is 0.0369. The van der Waals surface area contributed by atoms with Gasteiger partial charge in [-0.3, -0.25) is 34.3 Å². The number of allylic oxidation sites excluding steroid dienone is 3. The number of nitrogens with one attached hydrogen (secondary N) is 3. The maximum atomic E-state index is 13.7. The van der Waals surface area contributed by atoms with Crippen LogP contribution in [0.25, 0.3) is 22.0 Å². The SMILES string of the molecule is CCN/N=C(C)\C=C\C=Nc1cc(C(N)=O)cc(C(CC)CCCN2CCOCC2)c1NC/C=C/Cn1c(NC(=O)c2cc(C)nn2CC)nc2cc(C(N)=O)c3oc(C)cc3c21. The van der Waals surface area contributed by atoms with Crippen molar-refractivity contribution in [3.8, 4) is 0 Å². The number of primary amides is 2. The Morgan fingerprint density at radius 3 is 2.52 bits per heavy atom. The molecule has 334 valence electrons. The van der Waals surface area contributed by atoms with Gasteiger partial charge in [0.15, 0.2) is 0 Å². The van der Waals surface area contributed by atoms with Gasteiger partial charge in [0.1, 0.15) is 17.0 Å². The fraction of sp³-hybridized carbons (Fsp3) is 0.413. The van der Waals surface area contributed by atoms with Gasteiger partial charge in [-0.2, -0.15) is 10.2 Å². The van der Waals surface area contributed by atoms with Gasteiger partial charge in [-0.15, -0.1) is 0 Å². The number of hydrazone groups is 1. The molecule has 1 atom stereocenters. The zero-order valence-electron chi connectivity index (χ0n) is 37.2. The molecule has 6 rings (SSSR count). The number of amides is 3. The molecule has 7 N–H and O–H groups in total. The normalized spacial score (nSPS) is 14.5. The molecule has 1 aliphatic heterocycles. The summed E-state index contributed by atoms with van der Waals surface area (Å²) in [6.07, 6.45) is 12.0. The molecule has 17 heteroatoms. The number of nitrogens with zero attached hydrogens (tertiary/aromatic N) is 7. The largest absolute Gasteiger partial charge is 0.460 e. The lowest BCUT2D eigenvalue weighted by atomic mass is 9.88.